The molecule has 2 heterocycles. The molecule has 29 heavy (non-hydrogen) atoms. The number of carbonyl (C=O) groups is 3. The number of hydrogen-bond donors (Lipinski definition) is 1. The Morgan fingerprint density at radius 2 is 1.83 bits per heavy atom. The highest BCUT2D eigenvalue weighted by Crippen LogP contribution is 2.32. The van der Waals surface area contributed by atoms with Gasteiger partial charge in [0.1, 0.15) is 5.75 Å². The number of imide groups is 1. The molecule has 0 saturated carbocycles. The highest BCUT2D eigenvalue weighted by Gasteiger charge is 2.33. The minimum absolute atomic E-state index is 0.128. The molecule has 148 valence electrons. The first-order chi connectivity index (χ1) is 13.6. The predicted molar refractivity (Wildman–Crippen MR) is 97.1 cm³/mol. The van der Waals surface area contributed by atoms with Crippen LogP contribution in [0, 0.1) is 0 Å². The van der Waals surface area contributed by atoms with Crippen LogP contribution in [0.4, 0.5) is 18.3 Å². The molecule has 0 atom stereocenters. The zero-order chi connectivity index (χ0) is 20.9. The smallest absolute Gasteiger partial charge is 0.406 e. The lowest BCUT2D eigenvalue weighted by atomic mass is 10.1. The molecule has 0 radical (unpaired) electrons. The standard InChI is InChI=1S/C18H10F3N3O4S/c1-24-15(26)10-4-2-8(6-11(10)16(24)27)14(25)23-17-22-12-5-3-9(7-13(12)29-17)28-18(19,20)21/h2-7H,1H3,(H,22,23,25). The molecule has 1 N–H and O–H groups in total. The molecule has 0 saturated heterocycles. The maximum absolute atomic E-state index is 12.5. The molecule has 2 aromatic carbocycles. The average molecular weight is 421 g/mol. The second-order valence-electron chi connectivity index (χ2n) is 6.08. The van der Waals surface area contributed by atoms with E-state index >= 15 is 0 Å². The molecule has 0 unspecified atom stereocenters. The molecule has 0 bridgehead atoms. The van der Waals surface area contributed by atoms with Crippen LogP contribution in [-0.2, 0) is 0 Å². The van der Waals surface area contributed by atoms with Crippen molar-refractivity contribution in [3.05, 3.63) is 53.1 Å². The summed E-state index contributed by atoms with van der Waals surface area (Å²) in [6.45, 7) is 0. The number of thiazole rings is 1. The van der Waals surface area contributed by atoms with E-state index in [2.05, 4.69) is 15.0 Å². The van der Waals surface area contributed by atoms with Crippen molar-refractivity contribution < 1.29 is 32.3 Å². The SMILES string of the molecule is CN1C(=O)c2ccc(C(=O)Nc3nc4ccc(OC(F)(F)F)cc4s3)cc2C1=O. The number of amides is 3. The molecular formula is C18H10F3N3O4S. The van der Waals surface area contributed by atoms with Gasteiger partial charge in [0.2, 0.25) is 0 Å². The van der Waals surface area contributed by atoms with Crippen LogP contribution in [-0.4, -0.2) is 41.0 Å². The normalized spacial score (nSPS) is 13.7. The molecule has 4 rings (SSSR count). The van der Waals surface area contributed by atoms with Gasteiger partial charge in [-0.15, -0.1) is 13.2 Å². The summed E-state index contributed by atoms with van der Waals surface area (Å²) in [5.74, 6) is -1.91. The number of benzene rings is 2. The highest BCUT2D eigenvalue weighted by molar-refractivity contribution is 7.22. The number of halogens is 3. The topological polar surface area (TPSA) is 88.6 Å². The fourth-order valence-electron chi connectivity index (χ4n) is 2.83. The van der Waals surface area contributed by atoms with Gasteiger partial charge in [0.25, 0.3) is 17.7 Å². The van der Waals surface area contributed by atoms with Gasteiger partial charge in [0, 0.05) is 18.7 Å². The molecule has 11 heteroatoms. The number of ether oxygens (including phenoxy) is 1. The first-order valence-electron chi connectivity index (χ1n) is 8.06. The summed E-state index contributed by atoms with van der Waals surface area (Å²) in [7, 11) is 1.35. The number of anilines is 1. The van der Waals surface area contributed by atoms with E-state index in [9.17, 15) is 27.6 Å². The second kappa shape index (κ2) is 6.55. The molecule has 1 aliphatic heterocycles. The Morgan fingerprint density at radius 3 is 2.55 bits per heavy atom. The second-order valence-corrected chi connectivity index (χ2v) is 7.11. The summed E-state index contributed by atoms with van der Waals surface area (Å²) in [6.07, 6.45) is -4.81. The van der Waals surface area contributed by atoms with Crippen molar-refractivity contribution in [3.8, 4) is 5.75 Å². The van der Waals surface area contributed by atoms with E-state index in [1.54, 1.807) is 0 Å². The zero-order valence-electron chi connectivity index (χ0n) is 14.5. The monoisotopic (exact) mass is 421 g/mol. The number of carbonyl (C=O) groups excluding carboxylic acids is 3. The van der Waals surface area contributed by atoms with E-state index in [4.69, 9.17) is 0 Å². The van der Waals surface area contributed by atoms with Crippen LogP contribution in [0.15, 0.2) is 36.4 Å². The van der Waals surface area contributed by atoms with Crippen LogP contribution in [0.3, 0.4) is 0 Å². The van der Waals surface area contributed by atoms with Gasteiger partial charge < -0.3 is 4.74 Å². The molecule has 3 amide bonds. The summed E-state index contributed by atoms with van der Waals surface area (Å²) < 4.78 is 41.3. The lowest BCUT2D eigenvalue weighted by molar-refractivity contribution is -0.274. The number of alkyl halides is 3. The van der Waals surface area contributed by atoms with Crippen LogP contribution < -0.4 is 10.1 Å². The van der Waals surface area contributed by atoms with Crippen molar-refractivity contribution in [1.82, 2.24) is 9.88 Å². The van der Waals surface area contributed by atoms with E-state index in [-0.39, 0.29) is 21.8 Å². The van der Waals surface area contributed by atoms with Gasteiger partial charge in [0.05, 0.1) is 21.3 Å². The fraction of sp³-hybridized carbons (Fsp3) is 0.111. The number of nitrogens with zero attached hydrogens (tertiary/aromatic N) is 2. The summed E-state index contributed by atoms with van der Waals surface area (Å²) in [5.41, 5.74) is 0.867. The number of aromatic nitrogens is 1. The van der Waals surface area contributed by atoms with Crippen molar-refractivity contribution >= 4 is 44.4 Å². The Balaban J connectivity index is 1.57. The van der Waals surface area contributed by atoms with Gasteiger partial charge in [-0.2, -0.15) is 0 Å². The molecule has 0 fully saturated rings. The lowest BCUT2D eigenvalue weighted by Crippen LogP contribution is -2.24. The van der Waals surface area contributed by atoms with E-state index in [1.165, 1.54) is 37.4 Å². The third kappa shape index (κ3) is 3.51. The Kier molecular flexibility index (Phi) is 4.26. The molecule has 3 aromatic rings. The van der Waals surface area contributed by atoms with E-state index in [0.717, 1.165) is 22.3 Å². The molecule has 0 spiro atoms. The van der Waals surface area contributed by atoms with Crippen LogP contribution in [0.2, 0.25) is 0 Å². The molecular weight excluding hydrogens is 411 g/mol. The van der Waals surface area contributed by atoms with E-state index in [1.807, 2.05) is 0 Å². The van der Waals surface area contributed by atoms with Crippen molar-refractivity contribution in [2.75, 3.05) is 12.4 Å². The van der Waals surface area contributed by atoms with Crippen LogP contribution >= 0.6 is 11.3 Å². The molecule has 1 aromatic heterocycles. The van der Waals surface area contributed by atoms with Gasteiger partial charge in [-0.3, -0.25) is 24.6 Å². The van der Waals surface area contributed by atoms with Crippen LogP contribution in [0.25, 0.3) is 10.2 Å². The fourth-order valence-corrected chi connectivity index (χ4v) is 3.72. The van der Waals surface area contributed by atoms with Gasteiger partial charge in [-0.05, 0) is 30.3 Å². The van der Waals surface area contributed by atoms with Crippen LogP contribution in [0.1, 0.15) is 31.1 Å². The quantitative estimate of drug-likeness (QED) is 0.652. The van der Waals surface area contributed by atoms with E-state index < -0.39 is 29.8 Å². The number of fused-ring (bicyclic) bond motifs is 2. The Bertz CT molecular complexity index is 1190. The average Bonchev–Trinajstić information content (AvgIpc) is 3.14. The summed E-state index contributed by atoms with van der Waals surface area (Å²) in [6, 6.07) is 7.76. The van der Waals surface area contributed by atoms with Crippen LogP contribution in [0.5, 0.6) is 5.75 Å². The number of hydrogen-bond acceptors (Lipinski definition) is 6. The Morgan fingerprint density at radius 1 is 1.10 bits per heavy atom. The molecule has 7 nitrogen and oxygen atoms in total. The summed E-state index contributed by atoms with van der Waals surface area (Å²) in [5, 5.41) is 2.70. The molecule has 1 aliphatic rings. The van der Waals surface area contributed by atoms with E-state index in [0.29, 0.717) is 10.2 Å². The first kappa shape index (κ1) is 18.9. The largest absolute Gasteiger partial charge is 0.573 e. The third-order valence-electron chi connectivity index (χ3n) is 4.17. The number of rotatable bonds is 3. The Hall–Kier alpha value is -3.47. The molecule has 0 aliphatic carbocycles. The zero-order valence-corrected chi connectivity index (χ0v) is 15.4. The minimum atomic E-state index is -4.81. The number of nitrogens with one attached hydrogen (secondary N) is 1. The minimum Gasteiger partial charge on any atom is -0.406 e. The maximum atomic E-state index is 12.5. The van der Waals surface area contributed by atoms with Crippen molar-refractivity contribution in [3.63, 3.8) is 0 Å². The first-order valence-corrected chi connectivity index (χ1v) is 8.88. The predicted octanol–water partition coefficient (Wildman–Crippen LogP) is 3.67. The third-order valence-corrected chi connectivity index (χ3v) is 5.10. The summed E-state index contributed by atoms with van der Waals surface area (Å²) >= 11 is 0.968. The lowest BCUT2D eigenvalue weighted by Gasteiger charge is -2.07. The van der Waals surface area contributed by atoms with Crippen molar-refractivity contribution in [2.45, 2.75) is 6.36 Å². The Labute approximate surface area is 164 Å². The van der Waals surface area contributed by atoms with Crippen molar-refractivity contribution in [2.24, 2.45) is 0 Å². The van der Waals surface area contributed by atoms with Gasteiger partial charge in [-0.25, -0.2) is 4.98 Å². The van der Waals surface area contributed by atoms with Crippen molar-refractivity contribution in [1.29, 1.82) is 0 Å². The maximum Gasteiger partial charge on any atom is 0.573 e. The summed E-state index contributed by atoms with van der Waals surface area (Å²) in [4.78, 5) is 41.6. The van der Waals surface area contributed by atoms with Gasteiger partial charge in [0.15, 0.2) is 5.13 Å². The van der Waals surface area contributed by atoms with Gasteiger partial charge in [-0.1, -0.05) is 11.3 Å². The highest BCUT2D eigenvalue weighted by atomic mass is 32.1. The van der Waals surface area contributed by atoms with Gasteiger partial charge >= 0.3 is 6.36 Å².